The topological polar surface area (TPSA) is 84.2 Å². The second kappa shape index (κ2) is 6.16. The first-order valence-electron chi connectivity index (χ1n) is 7.82. The summed E-state index contributed by atoms with van der Waals surface area (Å²) in [5, 5.41) is 6.95. The standard InChI is InChI=1S/C16H22N4O3/c1-9-7-13(11(3)23-9)10(2)16(21)20-5-6-22-14(8-20)15-17-12(4)18-19-15/h7,10,14H,5-6,8H2,1-4H3,(H,17,18,19)/t10-,14-/m1/s1. The van der Waals surface area contributed by atoms with E-state index in [4.69, 9.17) is 9.15 Å². The third kappa shape index (κ3) is 3.14. The molecule has 2 aromatic heterocycles. The molecule has 0 aliphatic carbocycles. The van der Waals surface area contributed by atoms with Gasteiger partial charge in [0.05, 0.1) is 19.1 Å². The Bertz CT molecular complexity index is 706. The van der Waals surface area contributed by atoms with Crippen molar-refractivity contribution < 1.29 is 13.9 Å². The number of nitrogens with one attached hydrogen (secondary N) is 1. The molecule has 7 nitrogen and oxygen atoms in total. The van der Waals surface area contributed by atoms with Gasteiger partial charge in [0.1, 0.15) is 23.4 Å². The Labute approximate surface area is 135 Å². The second-order valence-corrected chi connectivity index (χ2v) is 6.01. The molecule has 1 saturated heterocycles. The van der Waals surface area contributed by atoms with E-state index in [2.05, 4.69) is 15.2 Å². The minimum atomic E-state index is -0.281. The number of nitrogens with zero attached hydrogens (tertiary/aromatic N) is 3. The number of hydrogen-bond acceptors (Lipinski definition) is 5. The number of aryl methyl sites for hydroxylation is 3. The van der Waals surface area contributed by atoms with Crippen LogP contribution < -0.4 is 0 Å². The molecule has 0 unspecified atom stereocenters. The number of H-pyrrole nitrogens is 1. The van der Waals surface area contributed by atoms with Crippen molar-refractivity contribution in [1.82, 2.24) is 20.1 Å². The predicted octanol–water partition coefficient (Wildman–Crippen LogP) is 2.03. The summed E-state index contributed by atoms with van der Waals surface area (Å²) in [7, 11) is 0. The average molecular weight is 318 g/mol. The molecule has 1 N–H and O–H groups in total. The first kappa shape index (κ1) is 15.7. The van der Waals surface area contributed by atoms with E-state index in [0.717, 1.165) is 22.9 Å². The molecular weight excluding hydrogens is 296 g/mol. The SMILES string of the molecule is Cc1nc([C@H]2CN(C(=O)[C@H](C)c3cc(C)oc3C)CCO2)n[nH]1. The van der Waals surface area contributed by atoms with Gasteiger partial charge in [-0.2, -0.15) is 5.10 Å². The number of ether oxygens (including phenoxy) is 1. The van der Waals surface area contributed by atoms with Crippen molar-refractivity contribution in [3.05, 3.63) is 34.8 Å². The van der Waals surface area contributed by atoms with Gasteiger partial charge in [0.2, 0.25) is 5.91 Å². The minimum Gasteiger partial charge on any atom is -0.466 e. The quantitative estimate of drug-likeness (QED) is 0.936. The van der Waals surface area contributed by atoms with E-state index in [-0.39, 0.29) is 17.9 Å². The number of aromatic amines is 1. The normalized spacial score (nSPS) is 19.8. The summed E-state index contributed by atoms with van der Waals surface area (Å²) in [6.07, 6.45) is -0.281. The van der Waals surface area contributed by atoms with Crippen molar-refractivity contribution in [1.29, 1.82) is 0 Å². The summed E-state index contributed by atoms with van der Waals surface area (Å²) in [5.74, 6) is 2.81. The van der Waals surface area contributed by atoms with Crippen LogP contribution in [0.4, 0.5) is 0 Å². The zero-order valence-electron chi connectivity index (χ0n) is 13.9. The molecule has 2 atom stereocenters. The molecule has 23 heavy (non-hydrogen) atoms. The molecule has 0 spiro atoms. The van der Waals surface area contributed by atoms with Gasteiger partial charge in [0.15, 0.2) is 5.82 Å². The molecule has 1 aliphatic heterocycles. The lowest BCUT2D eigenvalue weighted by Crippen LogP contribution is -2.44. The van der Waals surface area contributed by atoms with E-state index < -0.39 is 0 Å². The third-order valence-electron chi connectivity index (χ3n) is 4.20. The fourth-order valence-electron chi connectivity index (χ4n) is 3.00. The van der Waals surface area contributed by atoms with Crippen LogP contribution in [0.3, 0.4) is 0 Å². The lowest BCUT2D eigenvalue weighted by Gasteiger charge is -2.33. The molecule has 1 fully saturated rings. The van der Waals surface area contributed by atoms with Crippen molar-refractivity contribution in [3.8, 4) is 0 Å². The summed E-state index contributed by atoms with van der Waals surface area (Å²) in [6.45, 7) is 9.08. The Hall–Kier alpha value is -2.15. The van der Waals surface area contributed by atoms with E-state index in [1.165, 1.54) is 0 Å². The highest BCUT2D eigenvalue weighted by Gasteiger charge is 2.31. The molecule has 0 bridgehead atoms. The van der Waals surface area contributed by atoms with E-state index in [1.807, 2.05) is 38.7 Å². The van der Waals surface area contributed by atoms with Crippen LogP contribution in [0.25, 0.3) is 0 Å². The van der Waals surface area contributed by atoms with Crippen LogP contribution in [0.5, 0.6) is 0 Å². The smallest absolute Gasteiger partial charge is 0.230 e. The summed E-state index contributed by atoms with van der Waals surface area (Å²) in [4.78, 5) is 19.0. The van der Waals surface area contributed by atoms with E-state index in [9.17, 15) is 4.79 Å². The van der Waals surface area contributed by atoms with E-state index in [1.54, 1.807) is 0 Å². The molecule has 1 aliphatic rings. The number of hydrogen-bond donors (Lipinski definition) is 1. The fourth-order valence-corrected chi connectivity index (χ4v) is 3.00. The van der Waals surface area contributed by atoms with Gasteiger partial charge in [0.25, 0.3) is 0 Å². The van der Waals surface area contributed by atoms with Crippen LogP contribution in [0.2, 0.25) is 0 Å². The number of furan rings is 1. The van der Waals surface area contributed by atoms with Crippen LogP contribution in [-0.4, -0.2) is 45.7 Å². The first-order valence-corrected chi connectivity index (χ1v) is 7.82. The minimum absolute atomic E-state index is 0.0782. The van der Waals surface area contributed by atoms with E-state index in [0.29, 0.717) is 25.5 Å². The predicted molar refractivity (Wildman–Crippen MR) is 83.0 cm³/mol. The molecule has 3 heterocycles. The van der Waals surface area contributed by atoms with Gasteiger partial charge in [0, 0.05) is 12.1 Å². The Kier molecular flexibility index (Phi) is 4.21. The Morgan fingerprint density at radius 3 is 2.83 bits per heavy atom. The molecule has 124 valence electrons. The lowest BCUT2D eigenvalue weighted by atomic mass is 9.99. The van der Waals surface area contributed by atoms with Crippen LogP contribution in [0, 0.1) is 20.8 Å². The van der Waals surface area contributed by atoms with E-state index >= 15 is 0 Å². The number of rotatable bonds is 3. The third-order valence-corrected chi connectivity index (χ3v) is 4.20. The van der Waals surface area contributed by atoms with Gasteiger partial charge < -0.3 is 14.1 Å². The Morgan fingerprint density at radius 2 is 2.22 bits per heavy atom. The number of carbonyl (C=O) groups is 1. The van der Waals surface area contributed by atoms with Crippen molar-refractivity contribution in [2.24, 2.45) is 0 Å². The maximum Gasteiger partial charge on any atom is 0.230 e. The monoisotopic (exact) mass is 318 g/mol. The van der Waals surface area contributed by atoms with Crippen molar-refractivity contribution in [2.75, 3.05) is 19.7 Å². The maximum atomic E-state index is 12.8. The van der Waals surface area contributed by atoms with Crippen molar-refractivity contribution in [2.45, 2.75) is 39.7 Å². The number of amides is 1. The van der Waals surface area contributed by atoms with Crippen LogP contribution in [0.1, 0.15) is 47.7 Å². The molecule has 7 heteroatoms. The van der Waals surface area contributed by atoms with Gasteiger partial charge >= 0.3 is 0 Å². The lowest BCUT2D eigenvalue weighted by molar-refractivity contribution is -0.140. The molecular formula is C16H22N4O3. The van der Waals surface area contributed by atoms with Gasteiger partial charge in [-0.05, 0) is 33.8 Å². The summed E-state index contributed by atoms with van der Waals surface area (Å²) in [6, 6.07) is 1.94. The van der Waals surface area contributed by atoms with Crippen molar-refractivity contribution in [3.63, 3.8) is 0 Å². The Morgan fingerprint density at radius 1 is 1.43 bits per heavy atom. The summed E-state index contributed by atoms with van der Waals surface area (Å²) in [5.41, 5.74) is 0.948. The number of aromatic nitrogens is 3. The largest absolute Gasteiger partial charge is 0.466 e. The van der Waals surface area contributed by atoms with Gasteiger partial charge in [-0.1, -0.05) is 0 Å². The molecule has 0 aromatic carbocycles. The average Bonchev–Trinajstić information content (AvgIpc) is 3.11. The zero-order chi connectivity index (χ0) is 16.6. The number of carbonyl (C=O) groups excluding carboxylic acids is 1. The van der Waals surface area contributed by atoms with Crippen LogP contribution in [0.15, 0.2) is 10.5 Å². The van der Waals surface area contributed by atoms with Crippen LogP contribution in [-0.2, 0) is 9.53 Å². The fraction of sp³-hybridized carbons (Fsp3) is 0.562. The van der Waals surface area contributed by atoms with Gasteiger partial charge in [-0.15, -0.1) is 0 Å². The summed E-state index contributed by atoms with van der Waals surface area (Å²) < 4.78 is 11.3. The maximum absolute atomic E-state index is 12.8. The molecule has 2 aromatic rings. The molecule has 0 saturated carbocycles. The first-order chi connectivity index (χ1) is 11.0. The zero-order valence-corrected chi connectivity index (χ0v) is 13.9. The van der Waals surface area contributed by atoms with Gasteiger partial charge in [-0.3, -0.25) is 9.89 Å². The van der Waals surface area contributed by atoms with Crippen LogP contribution >= 0.6 is 0 Å². The highest BCUT2D eigenvalue weighted by molar-refractivity contribution is 5.83. The molecule has 0 radical (unpaired) electrons. The second-order valence-electron chi connectivity index (χ2n) is 6.01. The van der Waals surface area contributed by atoms with Crippen molar-refractivity contribution >= 4 is 5.91 Å². The van der Waals surface area contributed by atoms with Gasteiger partial charge in [-0.25, -0.2) is 4.98 Å². The summed E-state index contributed by atoms with van der Waals surface area (Å²) >= 11 is 0. The number of morpholine rings is 1. The highest BCUT2D eigenvalue weighted by Crippen LogP contribution is 2.27. The Balaban J connectivity index is 1.73. The highest BCUT2D eigenvalue weighted by atomic mass is 16.5. The molecule has 1 amide bonds. The molecule has 3 rings (SSSR count).